The van der Waals surface area contributed by atoms with Gasteiger partial charge in [-0.3, -0.25) is 0 Å². The monoisotopic (exact) mass is 114 g/mol. The molecule has 0 fully saturated rings. The number of rotatable bonds is 1. The molecular weight excluding hydrogens is 111 g/mol. The van der Waals surface area contributed by atoms with Crippen molar-refractivity contribution in [2.75, 3.05) is 0 Å². The summed E-state index contributed by atoms with van der Waals surface area (Å²) in [5.74, 6) is 0. The topological polar surface area (TPSA) is 79.4 Å². The summed E-state index contributed by atoms with van der Waals surface area (Å²) in [6, 6.07) is 0. The lowest BCUT2D eigenvalue weighted by Crippen LogP contribution is -2.30. The zero-order chi connectivity index (χ0) is 5.98. The highest BCUT2D eigenvalue weighted by Gasteiger charge is 2.14. The molecule has 1 heterocycles. The van der Waals surface area contributed by atoms with E-state index in [1.54, 1.807) is 0 Å². The molecule has 8 heavy (non-hydrogen) atoms. The van der Waals surface area contributed by atoms with E-state index < -0.39 is 7.12 Å². The molecule has 0 aliphatic rings. The smallest absolute Gasteiger partial charge is 0.422 e. The quantitative estimate of drug-likeness (QED) is 0.403. The minimum atomic E-state index is -1.58. The first-order valence-electron chi connectivity index (χ1n) is 1.94. The Balaban J connectivity index is 2.77. The highest BCUT2D eigenvalue weighted by Crippen LogP contribution is 1.70. The summed E-state index contributed by atoms with van der Waals surface area (Å²) >= 11 is 0. The molecular formula is C2H3BN2O3. The van der Waals surface area contributed by atoms with Gasteiger partial charge < -0.3 is 14.6 Å². The summed E-state index contributed by atoms with van der Waals surface area (Å²) in [7, 11) is -1.58. The van der Waals surface area contributed by atoms with Crippen molar-refractivity contribution in [1.29, 1.82) is 0 Å². The number of hydrogen-bond acceptors (Lipinski definition) is 5. The molecule has 0 unspecified atom stereocenters. The lowest BCUT2D eigenvalue weighted by molar-refractivity contribution is 0.393. The van der Waals surface area contributed by atoms with Gasteiger partial charge in [-0.15, -0.1) is 5.10 Å². The molecule has 6 heteroatoms. The Labute approximate surface area is 45.1 Å². The Morgan fingerprint density at radius 2 is 2.38 bits per heavy atom. The van der Waals surface area contributed by atoms with Crippen LogP contribution in [0.2, 0.25) is 0 Å². The molecule has 0 radical (unpaired) electrons. The average Bonchev–Trinajstić information content (AvgIpc) is 2.12. The standard InChI is InChI=1S/C2H3BN2O3/c6-3(7)2-1-8-5-4-2/h1,6-7H. The van der Waals surface area contributed by atoms with Crippen LogP contribution in [0.15, 0.2) is 10.8 Å². The second-order valence-electron chi connectivity index (χ2n) is 1.20. The van der Waals surface area contributed by atoms with E-state index in [1.807, 2.05) is 0 Å². The van der Waals surface area contributed by atoms with Crippen molar-refractivity contribution in [2.24, 2.45) is 0 Å². The van der Waals surface area contributed by atoms with Crippen molar-refractivity contribution in [1.82, 2.24) is 10.4 Å². The van der Waals surface area contributed by atoms with Crippen LogP contribution in [0.1, 0.15) is 0 Å². The maximum atomic E-state index is 8.31. The molecule has 0 aliphatic heterocycles. The largest absolute Gasteiger partial charge is 0.513 e. The molecule has 2 N–H and O–H groups in total. The first-order chi connectivity index (χ1) is 3.80. The van der Waals surface area contributed by atoms with Crippen molar-refractivity contribution in [3.63, 3.8) is 0 Å². The number of hydrogen-bond donors (Lipinski definition) is 2. The Morgan fingerprint density at radius 3 is 2.62 bits per heavy atom. The Morgan fingerprint density at radius 1 is 1.62 bits per heavy atom. The molecule has 0 spiro atoms. The van der Waals surface area contributed by atoms with Gasteiger partial charge in [0.2, 0.25) is 0 Å². The van der Waals surface area contributed by atoms with Gasteiger partial charge in [0, 0.05) is 5.27 Å². The van der Waals surface area contributed by atoms with Crippen LogP contribution in [-0.2, 0) is 0 Å². The van der Waals surface area contributed by atoms with Gasteiger partial charge in [0.05, 0.1) is 0 Å². The molecule has 0 aliphatic carbocycles. The van der Waals surface area contributed by atoms with Crippen LogP contribution in [0, 0.1) is 0 Å². The third-order valence-electron chi connectivity index (χ3n) is 0.641. The Hall–Kier alpha value is -0.875. The van der Waals surface area contributed by atoms with E-state index in [1.165, 1.54) is 0 Å². The van der Waals surface area contributed by atoms with Crippen LogP contribution in [0.3, 0.4) is 0 Å². The fourth-order valence-electron chi connectivity index (χ4n) is 0.284. The predicted octanol–water partition coefficient (Wildman–Crippen LogP) is -2.25. The molecule has 0 atom stereocenters. The fourth-order valence-corrected chi connectivity index (χ4v) is 0.284. The van der Waals surface area contributed by atoms with Crippen molar-refractivity contribution in [3.05, 3.63) is 6.26 Å². The second kappa shape index (κ2) is 1.93. The van der Waals surface area contributed by atoms with E-state index in [2.05, 4.69) is 14.9 Å². The first kappa shape index (κ1) is 5.27. The molecule has 1 aromatic heterocycles. The van der Waals surface area contributed by atoms with Gasteiger partial charge in [-0.25, -0.2) is 0 Å². The minimum Gasteiger partial charge on any atom is -0.422 e. The van der Waals surface area contributed by atoms with Crippen molar-refractivity contribution in [2.45, 2.75) is 0 Å². The molecule has 1 rings (SSSR count). The van der Waals surface area contributed by atoms with Crippen molar-refractivity contribution < 1.29 is 14.6 Å². The van der Waals surface area contributed by atoms with Crippen molar-refractivity contribution >= 4 is 12.7 Å². The first-order valence-corrected chi connectivity index (χ1v) is 1.94. The zero-order valence-corrected chi connectivity index (χ0v) is 3.85. The zero-order valence-electron chi connectivity index (χ0n) is 3.85. The lowest BCUT2D eigenvalue weighted by Gasteiger charge is -1.82. The summed E-state index contributed by atoms with van der Waals surface area (Å²) in [4.78, 5) is 0. The van der Waals surface area contributed by atoms with Crippen LogP contribution in [0.25, 0.3) is 0 Å². The molecule has 42 valence electrons. The predicted molar refractivity (Wildman–Crippen MR) is 24.1 cm³/mol. The summed E-state index contributed by atoms with van der Waals surface area (Å²) in [6.07, 6.45) is 1.06. The Bertz CT molecular complexity index is 150. The summed E-state index contributed by atoms with van der Waals surface area (Å²) < 4.78 is 4.19. The van der Waals surface area contributed by atoms with Crippen LogP contribution >= 0.6 is 0 Å². The van der Waals surface area contributed by atoms with E-state index in [0.717, 1.165) is 6.26 Å². The van der Waals surface area contributed by atoms with Gasteiger partial charge >= 0.3 is 7.12 Å². The van der Waals surface area contributed by atoms with E-state index in [0.29, 0.717) is 0 Å². The van der Waals surface area contributed by atoms with Crippen LogP contribution in [-0.4, -0.2) is 27.5 Å². The van der Waals surface area contributed by atoms with E-state index >= 15 is 0 Å². The summed E-state index contributed by atoms with van der Waals surface area (Å²) in [5, 5.41) is 22.8. The summed E-state index contributed by atoms with van der Waals surface area (Å²) in [5.41, 5.74) is 0.0185. The normalized spacial score (nSPS) is 9.25. The van der Waals surface area contributed by atoms with Gasteiger partial charge in [0.15, 0.2) is 0 Å². The third kappa shape index (κ3) is 0.851. The molecule has 1 aromatic rings. The van der Waals surface area contributed by atoms with Crippen LogP contribution < -0.4 is 5.59 Å². The highest BCUT2D eigenvalue weighted by molar-refractivity contribution is 6.57. The van der Waals surface area contributed by atoms with E-state index in [9.17, 15) is 0 Å². The maximum Gasteiger partial charge on any atom is 0.513 e. The lowest BCUT2D eigenvalue weighted by atomic mass is 9.88. The molecule has 0 saturated heterocycles. The van der Waals surface area contributed by atoms with E-state index in [-0.39, 0.29) is 5.59 Å². The highest BCUT2D eigenvalue weighted by atomic mass is 16.5. The average molecular weight is 114 g/mol. The summed E-state index contributed by atoms with van der Waals surface area (Å²) in [6.45, 7) is 0. The second-order valence-corrected chi connectivity index (χ2v) is 1.20. The van der Waals surface area contributed by atoms with Crippen LogP contribution in [0.5, 0.6) is 0 Å². The van der Waals surface area contributed by atoms with Gasteiger partial charge in [-0.05, 0) is 0 Å². The SMILES string of the molecule is OB(O)c1conn1. The van der Waals surface area contributed by atoms with Gasteiger partial charge in [-0.2, -0.15) is 0 Å². The molecule has 0 amide bonds. The van der Waals surface area contributed by atoms with Crippen molar-refractivity contribution in [3.8, 4) is 0 Å². The molecule has 0 bridgehead atoms. The van der Waals surface area contributed by atoms with E-state index in [4.69, 9.17) is 10.0 Å². The van der Waals surface area contributed by atoms with Gasteiger partial charge in [0.1, 0.15) is 11.9 Å². The third-order valence-corrected chi connectivity index (χ3v) is 0.641. The Kier molecular flexibility index (Phi) is 1.27. The van der Waals surface area contributed by atoms with Crippen LogP contribution in [0.4, 0.5) is 0 Å². The van der Waals surface area contributed by atoms with Gasteiger partial charge in [0.25, 0.3) is 0 Å². The molecule has 0 aromatic carbocycles. The van der Waals surface area contributed by atoms with Gasteiger partial charge in [-0.1, -0.05) is 0 Å². The molecule has 5 nitrogen and oxygen atoms in total. The molecule has 0 saturated carbocycles. The number of nitrogens with zero attached hydrogens (tertiary/aromatic N) is 2. The number of aromatic nitrogens is 2. The maximum absolute atomic E-state index is 8.31. The minimum absolute atomic E-state index is 0.0185. The fraction of sp³-hybridized carbons (Fsp3) is 0.